The molecule has 0 atom stereocenters. The van der Waals surface area contributed by atoms with Gasteiger partial charge in [0.05, 0.1) is 31.0 Å². The van der Waals surface area contributed by atoms with Gasteiger partial charge in [0.25, 0.3) is 0 Å². The first kappa shape index (κ1) is 23.0. The second-order valence-corrected chi connectivity index (χ2v) is 10.8. The molecule has 8 nitrogen and oxygen atoms in total. The van der Waals surface area contributed by atoms with Crippen LogP contribution in [0.2, 0.25) is 0 Å². The molecular weight excluding hydrogens is 486 g/mol. The molecule has 0 fully saturated rings. The Morgan fingerprint density at radius 3 is 2.60 bits per heavy atom. The van der Waals surface area contributed by atoms with E-state index in [2.05, 4.69) is 9.71 Å². The topological polar surface area (TPSA) is 103 Å². The van der Waals surface area contributed by atoms with E-state index in [1.807, 2.05) is 41.8 Å². The van der Waals surface area contributed by atoms with E-state index in [0.717, 1.165) is 22.4 Å². The number of nitrogens with zero attached hydrogens (tertiary/aromatic N) is 2. The summed E-state index contributed by atoms with van der Waals surface area (Å²) in [6.07, 6.45) is 4.44. The Morgan fingerprint density at radius 2 is 1.91 bits per heavy atom. The maximum absolute atomic E-state index is 12.2. The van der Waals surface area contributed by atoms with Gasteiger partial charge in [0.15, 0.2) is 5.75 Å². The van der Waals surface area contributed by atoms with Crippen molar-refractivity contribution in [1.82, 2.24) is 9.55 Å². The minimum atomic E-state index is -3.61. The van der Waals surface area contributed by atoms with E-state index in [-0.39, 0.29) is 12.5 Å². The number of hydrogen-bond acceptors (Lipinski definition) is 7. The molecule has 0 radical (unpaired) electrons. The number of nitrogens with one attached hydrogen (secondary N) is 1. The van der Waals surface area contributed by atoms with Gasteiger partial charge in [0.1, 0.15) is 17.9 Å². The number of sulfonamides is 1. The lowest BCUT2D eigenvalue weighted by molar-refractivity contribution is 0.311. The van der Waals surface area contributed by atoms with Crippen LogP contribution in [0.5, 0.6) is 17.4 Å². The van der Waals surface area contributed by atoms with Gasteiger partial charge in [-0.2, -0.15) is 0 Å². The molecule has 0 aliphatic rings. The molecule has 0 bridgehead atoms. The minimum absolute atomic E-state index is 0.0257. The van der Waals surface area contributed by atoms with Crippen LogP contribution in [-0.4, -0.2) is 36.4 Å². The van der Waals surface area contributed by atoms with Gasteiger partial charge in [-0.3, -0.25) is 9.71 Å². The summed E-state index contributed by atoms with van der Waals surface area (Å²) in [4.78, 5) is 5.53. The van der Waals surface area contributed by atoms with Gasteiger partial charge in [0, 0.05) is 28.0 Å². The molecule has 0 saturated carbocycles. The van der Waals surface area contributed by atoms with E-state index in [1.165, 1.54) is 0 Å². The highest BCUT2D eigenvalue weighted by Gasteiger charge is 2.24. The second kappa shape index (κ2) is 9.12. The molecule has 180 valence electrons. The molecule has 0 amide bonds. The standard InChI is InChI=1S/C25H23N3O5S2/c1-32-17-9-7-16(8-10-17)15-33-24-21-20(14-28(25(21)29)13-18-5-4-12-34-18)22(27-35(2,30)31)19-6-3-11-26-23(19)24/h3-12,14,27,29H,13,15H2,1-2H3. The maximum atomic E-state index is 12.2. The predicted octanol–water partition coefficient (Wildman–Crippen LogP) is 4.96. The van der Waals surface area contributed by atoms with Crippen LogP contribution < -0.4 is 14.2 Å². The van der Waals surface area contributed by atoms with E-state index in [0.29, 0.717) is 39.7 Å². The zero-order chi connectivity index (χ0) is 24.6. The summed E-state index contributed by atoms with van der Waals surface area (Å²) < 4.78 is 40.3. The van der Waals surface area contributed by atoms with E-state index in [9.17, 15) is 13.5 Å². The van der Waals surface area contributed by atoms with Crippen LogP contribution in [0.4, 0.5) is 5.69 Å². The Labute approximate surface area is 206 Å². The summed E-state index contributed by atoms with van der Waals surface area (Å²) in [6.45, 7) is 0.650. The van der Waals surface area contributed by atoms with Gasteiger partial charge in [-0.25, -0.2) is 8.42 Å². The zero-order valence-electron chi connectivity index (χ0n) is 19.1. The number of thiophene rings is 1. The van der Waals surface area contributed by atoms with Crippen molar-refractivity contribution in [1.29, 1.82) is 0 Å². The summed E-state index contributed by atoms with van der Waals surface area (Å²) in [5.74, 6) is 1.10. The third-order valence-corrected chi connectivity index (χ3v) is 7.01. The van der Waals surface area contributed by atoms with Crippen molar-refractivity contribution in [2.24, 2.45) is 0 Å². The highest BCUT2D eigenvalue weighted by molar-refractivity contribution is 7.92. The molecule has 5 aromatic rings. The van der Waals surface area contributed by atoms with Crippen molar-refractivity contribution in [2.75, 3.05) is 18.1 Å². The van der Waals surface area contributed by atoms with Crippen molar-refractivity contribution in [3.63, 3.8) is 0 Å². The second-order valence-electron chi connectivity index (χ2n) is 8.06. The zero-order valence-corrected chi connectivity index (χ0v) is 20.7. The van der Waals surface area contributed by atoms with Crippen molar-refractivity contribution < 1.29 is 23.0 Å². The highest BCUT2D eigenvalue weighted by atomic mass is 32.2. The SMILES string of the molecule is COc1ccc(COc2c3ncccc3c(NS(C)(=O)=O)c3cn(Cc4cccs4)c(O)c23)cc1. The van der Waals surface area contributed by atoms with E-state index >= 15 is 0 Å². The fourth-order valence-corrected chi connectivity index (χ4v) is 5.31. The normalized spacial score (nSPS) is 11.7. The van der Waals surface area contributed by atoms with Crippen LogP contribution in [-0.2, 0) is 23.2 Å². The molecule has 0 aliphatic heterocycles. The Kier molecular flexibility index (Phi) is 6.00. The molecule has 3 aromatic heterocycles. The number of rotatable bonds is 8. The van der Waals surface area contributed by atoms with E-state index in [1.54, 1.807) is 47.5 Å². The number of anilines is 1. The molecule has 0 aliphatic carbocycles. The van der Waals surface area contributed by atoms with Gasteiger partial charge in [-0.15, -0.1) is 11.3 Å². The maximum Gasteiger partial charge on any atom is 0.229 e. The first-order chi connectivity index (χ1) is 16.8. The van der Waals surface area contributed by atoms with Crippen molar-refractivity contribution in [3.05, 3.63) is 76.7 Å². The third kappa shape index (κ3) is 4.62. The van der Waals surface area contributed by atoms with E-state index in [4.69, 9.17) is 9.47 Å². The van der Waals surface area contributed by atoms with E-state index < -0.39 is 10.0 Å². The van der Waals surface area contributed by atoms with Gasteiger partial charge >= 0.3 is 0 Å². The Hall–Kier alpha value is -3.76. The molecule has 0 saturated heterocycles. The molecule has 5 rings (SSSR count). The molecule has 2 N–H and O–H groups in total. The number of methoxy groups -OCH3 is 1. The largest absolute Gasteiger partial charge is 0.497 e. The average molecular weight is 510 g/mol. The fraction of sp³-hybridized carbons (Fsp3) is 0.160. The number of ether oxygens (including phenoxy) is 2. The van der Waals surface area contributed by atoms with Gasteiger partial charge < -0.3 is 19.1 Å². The number of pyridine rings is 1. The number of fused-ring (bicyclic) bond motifs is 2. The molecular formula is C25H23N3O5S2. The number of hydrogen-bond donors (Lipinski definition) is 2. The van der Waals surface area contributed by atoms with Crippen LogP contribution in [0.1, 0.15) is 10.4 Å². The minimum Gasteiger partial charge on any atom is -0.497 e. The molecule has 2 aromatic carbocycles. The monoisotopic (exact) mass is 509 g/mol. The molecule has 10 heteroatoms. The number of aromatic hydroxyl groups is 1. The predicted molar refractivity (Wildman–Crippen MR) is 138 cm³/mol. The van der Waals surface area contributed by atoms with Crippen LogP contribution in [0.25, 0.3) is 21.7 Å². The van der Waals surface area contributed by atoms with Crippen LogP contribution >= 0.6 is 11.3 Å². The van der Waals surface area contributed by atoms with Crippen molar-refractivity contribution in [2.45, 2.75) is 13.2 Å². The molecule has 3 heterocycles. The van der Waals surface area contributed by atoms with Crippen molar-refractivity contribution >= 4 is 48.7 Å². The smallest absolute Gasteiger partial charge is 0.229 e. The Balaban J connectivity index is 1.70. The molecule has 0 spiro atoms. The van der Waals surface area contributed by atoms with Gasteiger partial charge in [-0.1, -0.05) is 18.2 Å². The van der Waals surface area contributed by atoms with Crippen LogP contribution in [0.3, 0.4) is 0 Å². The lowest BCUT2D eigenvalue weighted by Crippen LogP contribution is -2.10. The summed E-state index contributed by atoms with van der Waals surface area (Å²) in [6, 6.07) is 14.9. The highest BCUT2D eigenvalue weighted by Crippen LogP contribution is 2.46. The fourth-order valence-electron chi connectivity index (χ4n) is 4.01. The number of aromatic nitrogens is 2. The van der Waals surface area contributed by atoms with Gasteiger partial charge in [-0.05, 0) is 41.3 Å². The Bertz CT molecular complexity index is 1610. The average Bonchev–Trinajstić information content (AvgIpc) is 3.47. The summed E-state index contributed by atoms with van der Waals surface area (Å²) in [5, 5.41) is 14.7. The lowest BCUT2D eigenvalue weighted by Gasteiger charge is -2.15. The van der Waals surface area contributed by atoms with Gasteiger partial charge in [0.2, 0.25) is 15.9 Å². The lowest BCUT2D eigenvalue weighted by atomic mass is 10.1. The summed E-state index contributed by atoms with van der Waals surface area (Å²) >= 11 is 1.57. The first-order valence-corrected chi connectivity index (χ1v) is 13.5. The summed E-state index contributed by atoms with van der Waals surface area (Å²) in [7, 11) is -2.00. The van der Waals surface area contributed by atoms with Crippen LogP contribution in [0.15, 0.2) is 66.3 Å². The first-order valence-electron chi connectivity index (χ1n) is 10.7. The summed E-state index contributed by atoms with van der Waals surface area (Å²) in [5.41, 5.74) is 1.70. The quantitative estimate of drug-likeness (QED) is 0.306. The molecule has 35 heavy (non-hydrogen) atoms. The number of benzene rings is 2. The molecule has 0 unspecified atom stereocenters. The van der Waals surface area contributed by atoms with Crippen molar-refractivity contribution in [3.8, 4) is 17.4 Å². The Morgan fingerprint density at radius 1 is 1.11 bits per heavy atom. The third-order valence-electron chi connectivity index (χ3n) is 5.57. The van der Waals surface area contributed by atoms with Crippen LogP contribution in [0, 0.1) is 0 Å².